The molecule has 0 unspecified atom stereocenters. The average molecular weight is 352 g/mol. The van der Waals surface area contributed by atoms with Gasteiger partial charge in [0.2, 0.25) is 11.7 Å². The molecule has 25 heavy (non-hydrogen) atoms. The molecule has 0 radical (unpaired) electrons. The van der Waals surface area contributed by atoms with Crippen LogP contribution in [0.25, 0.3) is 0 Å². The van der Waals surface area contributed by atoms with E-state index in [1.54, 1.807) is 13.8 Å². The van der Waals surface area contributed by atoms with E-state index in [9.17, 15) is 28.9 Å². The number of nitrogens with one attached hydrogen (secondary N) is 2. The molecule has 0 bridgehead atoms. The minimum Gasteiger partial charge on any atom is -0.324 e. The maximum absolute atomic E-state index is 13.3. The molecule has 0 aliphatic carbocycles. The molecule has 2 N–H and O–H groups in total. The van der Waals surface area contributed by atoms with Crippen LogP contribution in [0.1, 0.15) is 26.7 Å². The number of imide groups is 1. The van der Waals surface area contributed by atoms with Gasteiger partial charge in [0.15, 0.2) is 0 Å². The van der Waals surface area contributed by atoms with E-state index in [0.29, 0.717) is 12.8 Å². The normalized spacial score (nSPS) is 15.9. The second-order valence-corrected chi connectivity index (χ2v) is 5.58. The number of nitro groups is 1. The number of nitrogens with zero attached hydrogens (tertiary/aromatic N) is 2. The summed E-state index contributed by atoms with van der Waals surface area (Å²) in [6.07, 6.45) is 0.771. The highest BCUT2D eigenvalue weighted by Gasteiger charge is 2.49. The van der Waals surface area contributed by atoms with Crippen LogP contribution in [-0.2, 0) is 9.59 Å². The first-order valence-corrected chi connectivity index (χ1v) is 7.62. The summed E-state index contributed by atoms with van der Waals surface area (Å²) in [6.45, 7) is 2.96. The molecule has 1 aromatic carbocycles. The lowest BCUT2D eigenvalue weighted by Gasteiger charge is -2.22. The maximum atomic E-state index is 13.3. The van der Waals surface area contributed by atoms with Gasteiger partial charge in [0.25, 0.3) is 5.91 Å². The average Bonchev–Trinajstić information content (AvgIpc) is 2.81. The zero-order chi connectivity index (χ0) is 18.8. The molecule has 1 aliphatic heterocycles. The molecule has 0 spiro atoms. The number of benzene rings is 1. The minimum atomic E-state index is -1.03. The number of rotatable bonds is 6. The molecule has 1 aromatic rings. The molecule has 0 saturated carbocycles. The Bertz CT molecular complexity index is 747. The standard InChI is InChI=1S/C15H17FN4O5/c1-3-15(4-2)13(22)19(14(23)18-15)8-12(21)17-9-5-6-10(16)11(7-9)20(24)25/h5-7H,3-4,8H2,1-2H3,(H,17,21)(H,18,23). The van der Waals surface area contributed by atoms with Crippen molar-refractivity contribution in [2.75, 3.05) is 11.9 Å². The molecule has 9 nitrogen and oxygen atoms in total. The van der Waals surface area contributed by atoms with Crippen molar-refractivity contribution in [3.8, 4) is 0 Å². The zero-order valence-corrected chi connectivity index (χ0v) is 13.7. The molecule has 2 rings (SSSR count). The molecule has 134 valence electrons. The van der Waals surface area contributed by atoms with Crippen molar-refractivity contribution >= 4 is 29.2 Å². The molecule has 1 fully saturated rings. The summed E-state index contributed by atoms with van der Waals surface area (Å²) in [6, 6.07) is 2.19. The summed E-state index contributed by atoms with van der Waals surface area (Å²) in [5, 5.41) is 15.6. The first-order valence-electron chi connectivity index (χ1n) is 7.62. The van der Waals surface area contributed by atoms with Crippen molar-refractivity contribution in [2.24, 2.45) is 0 Å². The van der Waals surface area contributed by atoms with Crippen molar-refractivity contribution in [2.45, 2.75) is 32.2 Å². The Kier molecular flexibility index (Phi) is 5.00. The Morgan fingerprint density at radius 1 is 1.36 bits per heavy atom. The molecular formula is C15H17FN4O5. The van der Waals surface area contributed by atoms with Gasteiger partial charge in [-0.15, -0.1) is 0 Å². The Morgan fingerprint density at radius 2 is 2.00 bits per heavy atom. The van der Waals surface area contributed by atoms with Crippen LogP contribution in [-0.4, -0.2) is 39.8 Å². The highest BCUT2D eigenvalue weighted by Crippen LogP contribution is 2.25. The smallest absolute Gasteiger partial charge is 0.324 e. The lowest BCUT2D eigenvalue weighted by Crippen LogP contribution is -2.46. The summed E-state index contributed by atoms with van der Waals surface area (Å²) in [5.41, 5.74) is -1.82. The fourth-order valence-electron chi connectivity index (χ4n) is 2.62. The van der Waals surface area contributed by atoms with Gasteiger partial charge in [-0.2, -0.15) is 4.39 Å². The van der Waals surface area contributed by atoms with E-state index in [-0.39, 0.29) is 5.69 Å². The second kappa shape index (κ2) is 6.83. The fourth-order valence-corrected chi connectivity index (χ4v) is 2.62. The summed E-state index contributed by atoms with van der Waals surface area (Å²) in [5.74, 6) is -2.26. The summed E-state index contributed by atoms with van der Waals surface area (Å²) < 4.78 is 13.3. The number of amides is 4. The molecule has 1 saturated heterocycles. The van der Waals surface area contributed by atoms with Gasteiger partial charge in [-0.1, -0.05) is 13.8 Å². The Hall–Kier alpha value is -3.04. The number of hydrogen-bond donors (Lipinski definition) is 2. The Morgan fingerprint density at radius 3 is 2.52 bits per heavy atom. The van der Waals surface area contributed by atoms with Gasteiger partial charge >= 0.3 is 11.7 Å². The third-order valence-corrected chi connectivity index (χ3v) is 4.18. The third kappa shape index (κ3) is 3.42. The zero-order valence-electron chi connectivity index (χ0n) is 13.7. The van der Waals surface area contributed by atoms with E-state index in [1.807, 2.05) is 0 Å². The fraction of sp³-hybridized carbons (Fsp3) is 0.400. The van der Waals surface area contributed by atoms with Gasteiger partial charge in [-0.25, -0.2) is 4.79 Å². The first-order chi connectivity index (χ1) is 11.7. The van der Waals surface area contributed by atoms with E-state index < -0.39 is 46.4 Å². The summed E-state index contributed by atoms with van der Waals surface area (Å²) in [7, 11) is 0. The van der Waals surface area contributed by atoms with Crippen LogP contribution < -0.4 is 10.6 Å². The predicted molar refractivity (Wildman–Crippen MR) is 85.2 cm³/mol. The van der Waals surface area contributed by atoms with Crippen LogP contribution in [0.3, 0.4) is 0 Å². The lowest BCUT2D eigenvalue weighted by atomic mass is 9.93. The van der Waals surface area contributed by atoms with Crippen LogP contribution in [0.4, 0.5) is 20.6 Å². The van der Waals surface area contributed by atoms with Crippen LogP contribution in [0, 0.1) is 15.9 Å². The number of nitro benzene ring substituents is 1. The van der Waals surface area contributed by atoms with Gasteiger partial charge in [0.1, 0.15) is 12.1 Å². The third-order valence-electron chi connectivity index (χ3n) is 4.18. The molecule has 1 heterocycles. The highest BCUT2D eigenvalue weighted by molar-refractivity contribution is 6.10. The van der Waals surface area contributed by atoms with Gasteiger partial charge in [0, 0.05) is 11.8 Å². The minimum absolute atomic E-state index is 0.0117. The second-order valence-electron chi connectivity index (χ2n) is 5.58. The van der Waals surface area contributed by atoms with Crippen LogP contribution in [0.5, 0.6) is 0 Å². The van der Waals surface area contributed by atoms with E-state index in [2.05, 4.69) is 10.6 Å². The van der Waals surface area contributed by atoms with E-state index in [0.717, 1.165) is 23.1 Å². The monoisotopic (exact) mass is 352 g/mol. The van der Waals surface area contributed by atoms with Crippen molar-refractivity contribution in [3.05, 3.63) is 34.1 Å². The number of anilines is 1. The van der Waals surface area contributed by atoms with Crippen molar-refractivity contribution < 1.29 is 23.7 Å². The van der Waals surface area contributed by atoms with Gasteiger partial charge in [-0.05, 0) is 25.0 Å². The largest absolute Gasteiger partial charge is 0.325 e. The maximum Gasteiger partial charge on any atom is 0.325 e. The predicted octanol–water partition coefficient (Wildman–Crippen LogP) is 1.78. The molecular weight excluding hydrogens is 335 g/mol. The quantitative estimate of drug-likeness (QED) is 0.459. The number of carbonyl (C=O) groups is 3. The van der Waals surface area contributed by atoms with Gasteiger partial charge in [-0.3, -0.25) is 24.6 Å². The number of urea groups is 1. The molecule has 10 heteroatoms. The topological polar surface area (TPSA) is 122 Å². The molecule has 0 aromatic heterocycles. The summed E-state index contributed by atoms with van der Waals surface area (Å²) in [4.78, 5) is 47.0. The molecule has 0 atom stereocenters. The van der Waals surface area contributed by atoms with Crippen molar-refractivity contribution in [1.29, 1.82) is 0 Å². The van der Waals surface area contributed by atoms with Crippen molar-refractivity contribution in [3.63, 3.8) is 0 Å². The number of hydrogen-bond acceptors (Lipinski definition) is 5. The van der Waals surface area contributed by atoms with Gasteiger partial charge in [0.05, 0.1) is 4.92 Å². The molecule has 4 amide bonds. The van der Waals surface area contributed by atoms with Crippen molar-refractivity contribution in [1.82, 2.24) is 10.2 Å². The van der Waals surface area contributed by atoms with Crippen LogP contribution >= 0.6 is 0 Å². The number of halogens is 1. The van der Waals surface area contributed by atoms with E-state index in [4.69, 9.17) is 0 Å². The summed E-state index contributed by atoms with van der Waals surface area (Å²) >= 11 is 0. The van der Waals surface area contributed by atoms with Gasteiger partial charge < -0.3 is 10.6 Å². The SMILES string of the molecule is CCC1(CC)NC(=O)N(CC(=O)Nc2ccc(F)c([N+](=O)[O-])c2)C1=O. The highest BCUT2D eigenvalue weighted by atomic mass is 19.1. The Balaban J connectivity index is 2.11. The first kappa shape index (κ1) is 18.3. The lowest BCUT2D eigenvalue weighted by molar-refractivity contribution is -0.387. The van der Waals surface area contributed by atoms with Crippen LogP contribution in [0.2, 0.25) is 0 Å². The van der Waals surface area contributed by atoms with E-state index in [1.165, 1.54) is 0 Å². The molecule has 1 aliphatic rings. The number of carbonyl (C=O) groups excluding carboxylic acids is 3. The van der Waals surface area contributed by atoms with E-state index >= 15 is 0 Å². The Labute approximate surface area is 142 Å². The van der Waals surface area contributed by atoms with Crippen LogP contribution in [0.15, 0.2) is 18.2 Å².